The second-order valence-corrected chi connectivity index (χ2v) is 6.58. The monoisotopic (exact) mass is 276 g/mol. The lowest BCUT2D eigenvalue weighted by Crippen LogP contribution is -2.45. The van der Waals surface area contributed by atoms with Crippen molar-refractivity contribution in [3.63, 3.8) is 0 Å². The minimum atomic E-state index is 0.243. The molecule has 0 fully saturated rings. The van der Waals surface area contributed by atoms with Gasteiger partial charge in [0.2, 0.25) is 0 Å². The summed E-state index contributed by atoms with van der Waals surface area (Å²) < 4.78 is 0. The van der Waals surface area contributed by atoms with E-state index in [0.29, 0.717) is 6.04 Å². The van der Waals surface area contributed by atoms with Gasteiger partial charge in [-0.15, -0.1) is 0 Å². The molecule has 0 aliphatic heterocycles. The number of nitrogens with one attached hydrogen (secondary N) is 1. The summed E-state index contributed by atoms with van der Waals surface area (Å²) in [5, 5.41) is 3.64. The number of hydrogen-bond acceptors (Lipinski definition) is 2. The standard InChI is InChI=1S/C18H32N2/c1-8-18(5,6)20(7)13-17(19-9-2)16-11-14(3)10-15(4)12-16/h10-12,17,19H,8-9,13H2,1-7H3. The molecule has 0 saturated heterocycles. The van der Waals surface area contributed by atoms with Crippen LogP contribution in [0.1, 0.15) is 56.8 Å². The predicted octanol–water partition coefficient (Wildman–Crippen LogP) is 4.07. The van der Waals surface area contributed by atoms with Crippen LogP contribution < -0.4 is 5.32 Å². The van der Waals surface area contributed by atoms with Gasteiger partial charge < -0.3 is 5.32 Å². The van der Waals surface area contributed by atoms with E-state index < -0.39 is 0 Å². The molecule has 1 aromatic carbocycles. The summed E-state index contributed by atoms with van der Waals surface area (Å²) in [4.78, 5) is 2.47. The van der Waals surface area contributed by atoms with Gasteiger partial charge in [0.05, 0.1) is 0 Å². The molecule has 1 unspecified atom stereocenters. The Morgan fingerprint density at radius 1 is 1.10 bits per heavy atom. The molecule has 0 saturated carbocycles. The highest BCUT2D eigenvalue weighted by molar-refractivity contribution is 5.31. The number of benzene rings is 1. The van der Waals surface area contributed by atoms with Crippen LogP contribution >= 0.6 is 0 Å². The topological polar surface area (TPSA) is 15.3 Å². The summed E-state index contributed by atoms with van der Waals surface area (Å²) >= 11 is 0. The van der Waals surface area contributed by atoms with E-state index in [1.165, 1.54) is 16.7 Å². The van der Waals surface area contributed by atoms with Crippen molar-refractivity contribution >= 4 is 0 Å². The van der Waals surface area contributed by atoms with Crippen LogP contribution in [0.15, 0.2) is 18.2 Å². The smallest absolute Gasteiger partial charge is 0.0449 e. The SMILES string of the molecule is CCNC(CN(C)C(C)(C)CC)c1cc(C)cc(C)c1. The molecule has 20 heavy (non-hydrogen) atoms. The van der Waals surface area contributed by atoms with Gasteiger partial charge in [0.25, 0.3) is 0 Å². The third-order valence-electron chi connectivity index (χ3n) is 4.45. The average molecular weight is 276 g/mol. The van der Waals surface area contributed by atoms with Crippen LogP contribution in [-0.4, -0.2) is 30.6 Å². The number of rotatable bonds is 7. The number of hydrogen-bond donors (Lipinski definition) is 1. The Morgan fingerprint density at radius 3 is 2.10 bits per heavy atom. The van der Waals surface area contributed by atoms with Crippen LogP contribution in [0.2, 0.25) is 0 Å². The lowest BCUT2D eigenvalue weighted by Gasteiger charge is -2.37. The molecule has 0 radical (unpaired) electrons. The van der Waals surface area contributed by atoms with Gasteiger partial charge >= 0.3 is 0 Å². The average Bonchev–Trinajstić information content (AvgIpc) is 2.36. The summed E-state index contributed by atoms with van der Waals surface area (Å²) in [7, 11) is 2.23. The van der Waals surface area contributed by atoms with Gasteiger partial charge in [0, 0.05) is 18.1 Å². The summed E-state index contributed by atoms with van der Waals surface area (Å²) in [6.07, 6.45) is 1.16. The second kappa shape index (κ2) is 7.24. The Kier molecular flexibility index (Phi) is 6.22. The maximum Gasteiger partial charge on any atom is 0.0449 e. The van der Waals surface area contributed by atoms with Gasteiger partial charge in [-0.3, -0.25) is 4.90 Å². The summed E-state index contributed by atoms with van der Waals surface area (Å²) in [5.41, 5.74) is 4.34. The van der Waals surface area contributed by atoms with Gasteiger partial charge in [-0.1, -0.05) is 43.2 Å². The van der Waals surface area contributed by atoms with E-state index in [1.807, 2.05) is 0 Å². The zero-order valence-corrected chi connectivity index (χ0v) is 14.4. The van der Waals surface area contributed by atoms with Crippen molar-refractivity contribution in [2.75, 3.05) is 20.1 Å². The molecule has 0 spiro atoms. The van der Waals surface area contributed by atoms with E-state index in [-0.39, 0.29) is 5.54 Å². The zero-order valence-electron chi connectivity index (χ0n) is 14.4. The Hall–Kier alpha value is -0.860. The van der Waals surface area contributed by atoms with E-state index in [2.05, 4.69) is 77.0 Å². The minimum Gasteiger partial charge on any atom is -0.309 e. The quantitative estimate of drug-likeness (QED) is 0.807. The first-order chi connectivity index (χ1) is 9.30. The first-order valence-electron chi connectivity index (χ1n) is 7.83. The third kappa shape index (κ3) is 4.60. The van der Waals surface area contributed by atoms with Crippen LogP contribution in [0, 0.1) is 13.8 Å². The molecule has 0 aromatic heterocycles. The van der Waals surface area contributed by atoms with Crippen molar-refractivity contribution in [1.29, 1.82) is 0 Å². The van der Waals surface area contributed by atoms with Crippen molar-refractivity contribution < 1.29 is 0 Å². The molecule has 0 aliphatic carbocycles. The lowest BCUT2D eigenvalue weighted by atomic mass is 9.96. The molecule has 0 amide bonds. The van der Waals surface area contributed by atoms with Gasteiger partial charge in [-0.25, -0.2) is 0 Å². The molecule has 2 heteroatoms. The van der Waals surface area contributed by atoms with Crippen LogP contribution in [0.3, 0.4) is 0 Å². The molecule has 1 N–H and O–H groups in total. The van der Waals surface area contributed by atoms with Crippen LogP contribution in [-0.2, 0) is 0 Å². The molecule has 0 aliphatic rings. The zero-order chi connectivity index (χ0) is 15.3. The van der Waals surface area contributed by atoms with Crippen molar-refractivity contribution in [3.05, 3.63) is 34.9 Å². The Bertz CT molecular complexity index is 403. The van der Waals surface area contributed by atoms with Crippen LogP contribution in [0.25, 0.3) is 0 Å². The molecule has 1 atom stereocenters. The minimum absolute atomic E-state index is 0.243. The molecule has 114 valence electrons. The normalized spacial score (nSPS) is 13.8. The largest absolute Gasteiger partial charge is 0.309 e. The highest BCUT2D eigenvalue weighted by atomic mass is 15.2. The first kappa shape index (κ1) is 17.2. The van der Waals surface area contributed by atoms with Crippen LogP contribution in [0.5, 0.6) is 0 Å². The summed E-state index contributed by atoms with van der Waals surface area (Å²) in [6.45, 7) is 15.5. The lowest BCUT2D eigenvalue weighted by molar-refractivity contribution is 0.136. The predicted molar refractivity (Wildman–Crippen MR) is 89.3 cm³/mol. The number of aryl methyl sites for hydroxylation is 2. The van der Waals surface area contributed by atoms with E-state index >= 15 is 0 Å². The Labute approximate surface area is 125 Å². The molecule has 1 aromatic rings. The fourth-order valence-electron chi connectivity index (χ4n) is 2.54. The Morgan fingerprint density at radius 2 is 1.65 bits per heavy atom. The number of nitrogens with zero attached hydrogens (tertiary/aromatic N) is 1. The van der Waals surface area contributed by atoms with Crippen LogP contribution in [0.4, 0.5) is 0 Å². The fraction of sp³-hybridized carbons (Fsp3) is 0.667. The van der Waals surface area contributed by atoms with Crippen molar-refractivity contribution in [1.82, 2.24) is 10.2 Å². The summed E-state index contributed by atoms with van der Waals surface area (Å²) in [5.74, 6) is 0. The molecular formula is C18H32N2. The first-order valence-corrected chi connectivity index (χ1v) is 7.83. The van der Waals surface area contributed by atoms with Crippen molar-refractivity contribution in [2.24, 2.45) is 0 Å². The molecular weight excluding hydrogens is 244 g/mol. The molecule has 0 heterocycles. The van der Waals surface area contributed by atoms with Gasteiger partial charge in [-0.2, -0.15) is 0 Å². The van der Waals surface area contributed by atoms with Crippen molar-refractivity contribution in [2.45, 2.75) is 59.5 Å². The van der Waals surface area contributed by atoms with Gasteiger partial charge in [-0.05, 0) is 53.3 Å². The van der Waals surface area contributed by atoms with E-state index in [0.717, 1.165) is 19.5 Å². The van der Waals surface area contributed by atoms with Crippen molar-refractivity contribution in [3.8, 4) is 0 Å². The van der Waals surface area contributed by atoms with E-state index in [4.69, 9.17) is 0 Å². The molecule has 0 bridgehead atoms. The maximum absolute atomic E-state index is 3.64. The van der Waals surface area contributed by atoms with E-state index in [1.54, 1.807) is 0 Å². The molecule has 2 nitrogen and oxygen atoms in total. The fourth-order valence-corrected chi connectivity index (χ4v) is 2.54. The number of likely N-dealkylation sites (N-methyl/N-ethyl adjacent to an activating group) is 2. The third-order valence-corrected chi connectivity index (χ3v) is 4.45. The van der Waals surface area contributed by atoms with E-state index in [9.17, 15) is 0 Å². The summed E-state index contributed by atoms with van der Waals surface area (Å²) in [6, 6.07) is 7.27. The van der Waals surface area contributed by atoms with Gasteiger partial charge in [0.1, 0.15) is 0 Å². The highest BCUT2D eigenvalue weighted by Gasteiger charge is 2.24. The highest BCUT2D eigenvalue weighted by Crippen LogP contribution is 2.23. The maximum atomic E-state index is 3.64. The molecule has 1 rings (SSSR count). The second-order valence-electron chi connectivity index (χ2n) is 6.58. The van der Waals surface area contributed by atoms with Gasteiger partial charge in [0.15, 0.2) is 0 Å². The Balaban J connectivity index is 2.94.